The molecule has 6 heteroatoms. The van der Waals surface area contributed by atoms with Crippen molar-refractivity contribution in [2.24, 2.45) is 22.2 Å². The number of hydrogen-bond acceptors (Lipinski definition) is 4. The molecule has 1 spiro atoms. The molecule has 25 heavy (non-hydrogen) atoms. The molecule has 0 bridgehead atoms. The van der Waals surface area contributed by atoms with E-state index in [1.165, 1.54) is 25.7 Å². The maximum atomic E-state index is 6.00. The molecule has 2 saturated carbocycles. The van der Waals surface area contributed by atoms with E-state index in [2.05, 4.69) is 15.6 Å². The lowest BCUT2D eigenvalue weighted by Gasteiger charge is -2.63. The maximum absolute atomic E-state index is 6.00. The molecule has 0 radical (unpaired) electrons. The lowest BCUT2D eigenvalue weighted by atomic mass is 9.46. The third kappa shape index (κ3) is 3.40. The summed E-state index contributed by atoms with van der Waals surface area (Å²) >= 11 is 0. The number of ether oxygens (including phenoxy) is 3. The van der Waals surface area contributed by atoms with Crippen LogP contribution in [0.1, 0.15) is 38.5 Å². The van der Waals surface area contributed by atoms with Crippen LogP contribution in [-0.2, 0) is 14.2 Å². The largest absolute Gasteiger partial charge is 0.381 e. The highest BCUT2D eigenvalue weighted by atomic mass is 16.5. The molecule has 4 fully saturated rings. The van der Waals surface area contributed by atoms with Gasteiger partial charge >= 0.3 is 0 Å². The number of hydrogen-bond donors (Lipinski definition) is 2. The minimum absolute atomic E-state index is 0.394. The second-order valence-corrected chi connectivity index (χ2v) is 8.11. The Kier molecular flexibility index (Phi) is 5.48. The van der Waals surface area contributed by atoms with E-state index in [0.717, 1.165) is 58.4 Å². The average molecular weight is 351 g/mol. The summed E-state index contributed by atoms with van der Waals surface area (Å²) in [4.78, 5) is 4.43. The van der Waals surface area contributed by atoms with Crippen molar-refractivity contribution in [1.82, 2.24) is 10.6 Å². The first-order chi connectivity index (χ1) is 12.3. The van der Waals surface area contributed by atoms with Gasteiger partial charge in [-0.25, -0.2) is 0 Å². The van der Waals surface area contributed by atoms with E-state index < -0.39 is 0 Å². The van der Waals surface area contributed by atoms with Crippen molar-refractivity contribution in [2.75, 3.05) is 46.6 Å². The van der Waals surface area contributed by atoms with Gasteiger partial charge in [0, 0.05) is 56.7 Å². The molecule has 0 amide bonds. The first-order valence-electron chi connectivity index (χ1n) is 10.1. The SMILES string of the molecule is CN=C(NCCCOCC1CCOC1)NC1C2CCOC2C12CCC2. The van der Waals surface area contributed by atoms with Crippen LogP contribution >= 0.6 is 0 Å². The van der Waals surface area contributed by atoms with E-state index in [-0.39, 0.29) is 0 Å². The number of fused-ring (bicyclic) bond motifs is 2. The molecule has 4 rings (SSSR count). The van der Waals surface area contributed by atoms with Crippen molar-refractivity contribution in [3.8, 4) is 0 Å². The Morgan fingerprint density at radius 3 is 2.92 bits per heavy atom. The Balaban J connectivity index is 1.15. The molecule has 0 aromatic heterocycles. The Hall–Kier alpha value is -0.850. The molecule has 2 N–H and O–H groups in total. The second kappa shape index (κ2) is 7.80. The fraction of sp³-hybridized carbons (Fsp3) is 0.947. The molecule has 0 aromatic carbocycles. The Labute approximate surface area is 151 Å². The zero-order valence-corrected chi connectivity index (χ0v) is 15.5. The van der Waals surface area contributed by atoms with E-state index in [9.17, 15) is 0 Å². The smallest absolute Gasteiger partial charge is 0.191 e. The van der Waals surface area contributed by atoms with Crippen LogP contribution in [0.5, 0.6) is 0 Å². The summed E-state index contributed by atoms with van der Waals surface area (Å²) < 4.78 is 17.1. The van der Waals surface area contributed by atoms with Gasteiger partial charge in [-0.1, -0.05) is 6.42 Å². The van der Waals surface area contributed by atoms with Crippen LogP contribution in [0.2, 0.25) is 0 Å². The van der Waals surface area contributed by atoms with Crippen LogP contribution in [0.25, 0.3) is 0 Å². The topological polar surface area (TPSA) is 64.1 Å². The standard InChI is InChI=1S/C19H33N3O3/c1-20-18(21-8-3-9-23-12-14-4-10-24-13-14)22-16-15-5-11-25-17(15)19(16)6-2-7-19/h14-17H,2-13H2,1H3,(H2,20,21,22). The molecular weight excluding hydrogens is 318 g/mol. The summed E-state index contributed by atoms with van der Waals surface area (Å²) in [5, 5.41) is 7.16. The van der Waals surface area contributed by atoms with Gasteiger partial charge in [0.25, 0.3) is 0 Å². The first kappa shape index (κ1) is 17.6. The van der Waals surface area contributed by atoms with Gasteiger partial charge in [-0.2, -0.15) is 0 Å². The van der Waals surface area contributed by atoms with Crippen molar-refractivity contribution in [2.45, 2.75) is 50.7 Å². The van der Waals surface area contributed by atoms with Crippen LogP contribution in [0.3, 0.4) is 0 Å². The minimum Gasteiger partial charge on any atom is -0.381 e. The van der Waals surface area contributed by atoms with Crippen molar-refractivity contribution in [3.63, 3.8) is 0 Å². The zero-order valence-electron chi connectivity index (χ0n) is 15.5. The Bertz CT molecular complexity index is 475. The highest BCUT2D eigenvalue weighted by Crippen LogP contribution is 2.62. The van der Waals surface area contributed by atoms with Crippen LogP contribution in [0.15, 0.2) is 4.99 Å². The summed E-state index contributed by atoms with van der Waals surface area (Å²) in [6.07, 6.45) is 7.80. The lowest BCUT2D eigenvalue weighted by Crippen LogP contribution is -2.72. The van der Waals surface area contributed by atoms with Crippen LogP contribution in [0.4, 0.5) is 0 Å². The van der Waals surface area contributed by atoms with Crippen LogP contribution in [-0.4, -0.2) is 64.7 Å². The van der Waals surface area contributed by atoms with Crippen molar-refractivity contribution < 1.29 is 14.2 Å². The molecule has 2 heterocycles. The summed E-state index contributed by atoms with van der Waals surface area (Å²) in [5.74, 6) is 2.21. The van der Waals surface area contributed by atoms with Gasteiger partial charge in [0.05, 0.1) is 19.3 Å². The molecule has 0 aromatic rings. The highest BCUT2D eigenvalue weighted by molar-refractivity contribution is 5.80. The Morgan fingerprint density at radius 1 is 1.28 bits per heavy atom. The summed E-state index contributed by atoms with van der Waals surface area (Å²) in [7, 11) is 1.86. The third-order valence-corrected chi connectivity index (χ3v) is 6.69. The molecule has 4 atom stereocenters. The quantitative estimate of drug-likeness (QED) is 0.414. The minimum atomic E-state index is 0.394. The molecule has 6 nitrogen and oxygen atoms in total. The van der Waals surface area contributed by atoms with Crippen LogP contribution in [0, 0.1) is 17.3 Å². The number of nitrogens with zero attached hydrogens (tertiary/aromatic N) is 1. The van der Waals surface area contributed by atoms with Crippen molar-refractivity contribution in [1.29, 1.82) is 0 Å². The lowest BCUT2D eigenvalue weighted by molar-refractivity contribution is -0.171. The molecular formula is C19H33N3O3. The van der Waals surface area contributed by atoms with Crippen molar-refractivity contribution in [3.05, 3.63) is 0 Å². The predicted molar refractivity (Wildman–Crippen MR) is 96.8 cm³/mol. The monoisotopic (exact) mass is 351 g/mol. The van der Waals surface area contributed by atoms with E-state index in [1.54, 1.807) is 0 Å². The van der Waals surface area contributed by atoms with Gasteiger partial charge in [0.1, 0.15) is 0 Å². The maximum Gasteiger partial charge on any atom is 0.191 e. The van der Waals surface area contributed by atoms with Gasteiger partial charge in [-0.15, -0.1) is 0 Å². The molecule has 142 valence electrons. The van der Waals surface area contributed by atoms with Gasteiger partial charge in [0.2, 0.25) is 0 Å². The summed E-state index contributed by atoms with van der Waals surface area (Å²) in [5.41, 5.74) is 0.394. The Morgan fingerprint density at radius 2 is 2.20 bits per heavy atom. The fourth-order valence-corrected chi connectivity index (χ4v) is 5.14. The normalized spacial score (nSPS) is 36.0. The fourth-order valence-electron chi connectivity index (χ4n) is 5.14. The number of nitrogens with one attached hydrogen (secondary N) is 2. The number of aliphatic imine (C=N–C) groups is 1. The number of guanidine groups is 1. The summed E-state index contributed by atoms with van der Waals surface area (Å²) in [6.45, 7) is 5.22. The third-order valence-electron chi connectivity index (χ3n) is 6.69. The average Bonchev–Trinajstić information content (AvgIpc) is 3.23. The summed E-state index contributed by atoms with van der Waals surface area (Å²) in [6, 6.07) is 0.540. The van der Waals surface area contributed by atoms with E-state index in [0.29, 0.717) is 29.4 Å². The highest BCUT2D eigenvalue weighted by Gasteiger charge is 2.66. The van der Waals surface area contributed by atoms with E-state index in [4.69, 9.17) is 14.2 Å². The molecule has 4 unspecified atom stereocenters. The second-order valence-electron chi connectivity index (χ2n) is 8.11. The zero-order chi connectivity index (χ0) is 17.1. The van der Waals surface area contributed by atoms with Gasteiger partial charge in [-0.3, -0.25) is 4.99 Å². The van der Waals surface area contributed by atoms with Gasteiger partial charge in [0.15, 0.2) is 5.96 Å². The number of rotatable bonds is 7. The first-order valence-corrected chi connectivity index (χ1v) is 10.1. The van der Waals surface area contributed by atoms with Gasteiger partial charge in [-0.05, 0) is 32.1 Å². The molecule has 2 aliphatic heterocycles. The van der Waals surface area contributed by atoms with Crippen LogP contribution < -0.4 is 10.6 Å². The van der Waals surface area contributed by atoms with Crippen molar-refractivity contribution >= 4 is 5.96 Å². The van der Waals surface area contributed by atoms with Gasteiger partial charge < -0.3 is 24.8 Å². The molecule has 4 aliphatic rings. The van der Waals surface area contributed by atoms with E-state index >= 15 is 0 Å². The van der Waals surface area contributed by atoms with E-state index in [1.807, 2.05) is 7.05 Å². The molecule has 2 saturated heterocycles. The molecule has 2 aliphatic carbocycles. The predicted octanol–water partition coefficient (Wildman–Crippen LogP) is 1.55.